The summed E-state index contributed by atoms with van der Waals surface area (Å²) in [5, 5.41) is 0. The van der Waals surface area contributed by atoms with Crippen molar-refractivity contribution in [3.05, 3.63) is 92.4 Å². The van der Waals surface area contributed by atoms with Crippen molar-refractivity contribution < 1.29 is 19.1 Å². The maximum atomic E-state index is 12.6. The van der Waals surface area contributed by atoms with Crippen LogP contribution in [0.2, 0.25) is 0 Å². The van der Waals surface area contributed by atoms with E-state index in [1.54, 1.807) is 24.3 Å². The number of amides is 2. The van der Waals surface area contributed by atoms with Gasteiger partial charge in [0.15, 0.2) is 6.61 Å². The van der Waals surface area contributed by atoms with Gasteiger partial charge in [-0.1, -0.05) is 52.3 Å². The molecule has 0 heterocycles. The predicted molar refractivity (Wildman–Crippen MR) is 130 cm³/mol. The molecule has 3 aromatic rings. The van der Waals surface area contributed by atoms with Gasteiger partial charge in [-0.2, -0.15) is 0 Å². The van der Waals surface area contributed by atoms with E-state index < -0.39 is 11.8 Å². The van der Waals surface area contributed by atoms with Gasteiger partial charge in [-0.05, 0) is 64.3 Å². The van der Waals surface area contributed by atoms with Gasteiger partial charge in [-0.3, -0.25) is 20.4 Å². The molecule has 2 amide bonds. The number of rotatable bonds is 8. The van der Waals surface area contributed by atoms with Gasteiger partial charge in [0.1, 0.15) is 11.5 Å². The molecular formula is C24H22Br2N2O4. The molecule has 0 spiro atoms. The maximum Gasteiger partial charge on any atom is 0.276 e. The molecule has 0 saturated carbocycles. The van der Waals surface area contributed by atoms with E-state index >= 15 is 0 Å². The van der Waals surface area contributed by atoms with Crippen LogP contribution in [-0.4, -0.2) is 25.0 Å². The Morgan fingerprint density at radius 1 is 0.875 bits per heavy atom. The van der Waals surface area contributed by atoms with Crippen LogP contribution in [0, 0.1) is 6.92 Å². The van der Waals surface area contributed by atoms with Gasteiger partial charge >= 0.3 is 0 Å². The molecular weight excluding hydrogens is 540 g/mol. The molecule has 3 aromatic carbocycles. The summed E-state index contributed by atoms with van der Waals surface area (Å²) in [4.78, 5) is 24.8. The summed E-state index contributed by atoms with van der Waals surface area (Å²) >= 11 is 6.76. The summed E-state index contributed by atoms with van der Waals surface area (Å²) in [6.07, 6.45) is 0.709. The average molecular weight is 562 g/mol. The number of hydrazine groups is 1. The van der Waals surface area contributed by atoms with Gasteiger partial charge in [0.05, 0.1) is 16.6 Å². The molecule has 0 fully saturated rings. The largest absolute Gasteiger partial charge is 0.492 e. The number of halogens is 2. The zero-order chi connectivity index (χ0) is 22.9. The third-order valence-electron chi connectivity index (χ3n) is 4.44. The maximum absolute atomic E-state index is 12.6. The van der Waals surface area contributed by atoms with Crippen molar-refractivity contribution in [1.29, 1.82) is 0 Å². The fourth-order valence-corrected chi connectivity index (χ4v) is 3.79. The Balaban J connectivity index is 1.53. The smallest absolute Gasteiger partial charge is 0.276 e. The molecule has 0 unspecified atom stereocenters. The number of benzene rings is 3. The second-order valence-electron chi connectivity index (χ2n) is 6.95. The van der Waals surface area contributed by atoms with Crippen molar-refractivity contribution in [1.82, 2.24) is 10.9 Å². The molecule has 0 aliphatic heterocycles. The first-order chi connectivity index (χ1) is 15.4. The zero-order valence-electron chi connectivity index (χ0n) is 17.4. The van der Waals surface area contributed by atoms with Crippen molar-refractivity contribution in [2.24, 2.45) is 0 Å². The Labute approximate surface area is 203 Å². The molecule has 2 N–H and O–H groups in total. The van der Waals surface area contributed by atoms with Crippen LogP contribution in [0.3, 0.4) is 0 Å². The topological polar surface area (TPSA) is 76.7 Å². The van der Waals surface area contributed by atoms with Crippen LogP contribution in [0.4, 0.5) is 0 Å². The lowest BCUT2D eigenvalue weighted by molar-refractivity contribution is -0.123. The van der Waals surface area contributed by atoms with Gasteiger partial charge < -0.3 is 9.47 Å². The van der Waals surface area contributed by atoms with Crippen LogP contribution in [0.25, 0.3) is 0 Å². The molecule has 166 valence electrons. The third kappa shape index (κ3) is 7.10. The van der Waals surface area contributed by atoms with Crippen molar-refractivity contribution >= 4 is 43.7 Å². The molecule has 8 heteroatoms. The normalized spacial score (nSPS) is 10.3. The number of ether oxygens (including phenoxy) is 2. The molecule has 3 rings (SSSR count). The summed E-state index contributed by atoms with van der Waals surface area (Å²) in [5.74, 6) is -0.0212. The van der Waals surface area contributed by atoms with Gasteiger partial charge in [-0.25, -0.2) is 0 Å². The van der Waals surface area contributed by atoms with E-state index in [-0.39, 0.29) is 6.61 Å². The summed E-state index contributed by atoms with van der Waals surface area (Å²) in [5.41, 5.74) is 7.27. The quantitative estimate of drug-likeness (QED) is 0.380. The Morgan fingerprint density at radius 3 is 2.38 bits per heavy atom. The molecule has 0 aromatic heterocycles. The van der Waals surface area contributed by atoms with E-state index in [1.165, 1.54) is 0 Å². The fourth-order valence-electron chi connectivity index (χ4n) is 2.83. The lowest BCUT2D eigenvalue weighted by atomic mass is 10.1. The Hall–Kier alpha value is -2.84. The molecule has 0 aliphatic carbocycles. The number of nitrogens with one attached hydrogen (secondary N) is 2. The highest BCUT2D eigenvalue weighted by Crippen LogP contribution is 2.26. The Bertz CT molecular complexity index is 1090. The first-order valence-electron chi connectivity index (χ1n) is 9.87. The minimum Gasteiger partial charge on any atom is -0.492 e. The minimum absolute atomic E-state index is 0.249. The van der Waals surface area contributed by atoms with Crippen LogP contribution in [0.5, 0.6) is 11.5 Å². The van der Waals surface area contributed by atoms with Gasteiger partial charge in [0.25, 0.3) is 11.8 Å². The van der Waals surface area contributed by atoms with Gasteiger partial charge in [0, 0.05) is 10.9 Å². The van der Waals surface area contributed by atoms with Crippen molar-refractivity contribution in [3.63, 3.8) is 0 Å². The van der Waals surface area contributed by atoms with Crippen LogP contribution >= 0.6 is 31.9 Å². The first-order valence-corrected chi connectivity index (χ1v) is 11.5. The monoisotopic (exact) mass is 560 g/mol. The summed E-state index contributed by atoms with van der Waals surface area (Å²) < 4.78 is 12.8. The lowest BCUT2D eigenvalue weighted by Gasteiger charge is -2.13. The molecule has 0 radical (unpaired) electrons. The first kappa shape index (κ1) is 23.8. The fraction of sp³-hybridized carbons (Fsp3) is 0.167. The highest BCUT2D eigenvalue weighted by Gasteiger charge is 2.15. The third-order valence-corrected chi connectivity index (χ3v) is 5.55. The van der Waals surface area contributed by atoms with Crippen molar-refractivity contribution in [2.75, 3.05) is 13.2 Å². The molecule has 0 aliphatic rings. The summed E-state index contributed by atoms with van der Waals surface area (Å²) in [7, 11) is 0. The standard InChI is InChI=1S/C24H22Br2N2O4/c1-16-7-9-22(20(26)13-16)32-15-23(29)27-28-24(30)19-14-18(25)8-10-21(19)31-12-11-17-5-3-2-4-6-17/h2-10,13-14H,11-12,15H2,1H3,(H,27,29)(H,28,30). The minimum atomic E-state index is -0.495. The van der Waals surface area contributed by atoms with Crippen molar-refractivity contribution in [3.8, 4) is 11.5 Å². The van der Waals surface area contributed by atoms with E-state index in [0.717, 1.165) is 20.1 Å². The summed E-state index contributed by atoms with van der Waals surface area (Å²) in [6, 6.07) is 20.6. The van der Waals surface area contributed by atoms with Crippen LogP contribution in [-0.2, 0) is 11.2 Å². The number of carbonyl (C=O) groups is 2. The lowest BCUT2D eigenvalue weighted by Crippen LogP contribution is -2.44. The van der Waals surface area contributed by atoms with Crippen LogP contribution in [0.1, 0.15) is 21.5 Å². The van der Waals surface area contributed by atoms with Crippen molar-refractivity contribution in [2.45, 2.75) is 13.3 Å². The highest BCUT2D eigenvalue weighted by atomic mass is 79.9. The average Bonchev–Trinajstić information content (AvgIpc) is 2.78. The Kier molecular flexibility index (Phi) is 8.70. The van der Waals surface area contributed by atoms with E-state index in [9.17, 15) is 9.59 Å². The number of hydrogen-bond acceptors (Lipinski definition) is 4. The number of hydrogen-bond donors (Lipinski definition) is 2. The highest BCUT2D eigenvalue weighted by molar-refractivity contribution is 9.10. The van der Waals surface area contributed by atoms with Crippen LogP contribution in [0.15, 0.2) is 75.7 Å². The second kappa shape index (κ2) is 11.7. The van der Waals surface area contributed by atoms with Gasteiger partial charge in [-0.15, -0.1) is 0 Å². The SMILES string of the molecule is Cc1ccc(OCC(=O)NNC(=O)c2cc(Br)ccc2OCCc2ccccc2)c(Br)c1. The molecule has 0 bridgehead atoms. The van der Waals surface area contributed by atoms with Gasteiger partial charge in [0.2, 0.25) is 0 Å². The second-order valence-corrected chi connectivity index (χ2v) is 8.72. The molecule has 0 atom stereocenters. The number of aryl methyl sites for hydroxylation is 1. The van der Waals surface area contributed by atoms with E-state index in [0.29, 0.717) is 30.1 Å². The van der Waals surface area contributed by atoms with E-state index in [2.05, 4.69) is 42.7 Å². The Morgan fingerprint density at radius 2 is 1.62 bits per heavy atom. The summed E-state index contributed by atoms with van der Waals surface area (Å²) in [6.45, 7) is 2.12. The van der Waals surface area contributed by atoms with Crippen LogP contribution < -0.4 is 20.3 Å². The zero-order valence-corrected chi connectivity index (χ0v) is 20.5. The van der Waals surface area contributed by atoms with E-state index in [4.69, 9.17) is 9.47 Å². The predicted octanol–water partition coefficient (Wildman–Crippen LogP) is 4.98. The molecule has 0 saturated heterocycles. The molecule has 6 nitrogen and oxygen atoms in total. The van der Waals surface area contributed by atoms with E-state index in [1.807, 2.05) is 49.4 Å². The molecule has 32 heavy (non-hydrogen) atoms. The number of carbonyl (C=O) groups excluding carboxylic acids is 2.